The van der Waals surface area contributed by atoms with E-state index in [9.17, 15) is 9.59 Å². The van der Waals surface area contributed by atoms with Crippen LogP contribution in [0.5, 0.6) is 0 Å². The molecule has 0 unspecified atom stereocenters. The first-order valence-corrected chi connectivity index (χ1v) is 7.05. The van der Waals surface area contributed by atoms with Gasteiger partial charge in [0.05, 0.1) is 6.54 Å². The number of hydrogen-bond donors (Lipinski definition) is 2. The fraction of sp³-hybridized carbons (Fsp3) is 0.583. The third-order valence-corrected chi connectivity index (χ3v) is 3.87. The molecule has 7 heteroatoms. The Morgan fingerprint density at radius 1 is 1.47 bits per heavy atom. The number of aromatic nitrogens is 1. The zero-order chi connectivity index (χ0) is 13.7. The number of nitrogens with zero attached hydrogens (tertiary/aromatic N) is 1. The quantitative estimate of drug-likeness (QED) is 0.850. The molecule has 19 heavy (non-hydrogen) atoms. The van der Waals surface area contributed by atoms with Gasteiger partial charge in [0.25, 0.3) is 0 Å². The molecule has 2 heterocycles. The summed E-state index contributed by atoms with van der Waals surface area (Å²) in [5.74, 6) is -0.672. The van der Waals surface area contributed by atoms with Gasteiger partial charge in [-0.3, -0.25) is 4.79 Å². The molecule has 0 radical (unpaired) electrons. The van der Waals surface area contributed by atoms with Gasteiger partial charge in [-0.05, 0) is 18.8 Å². The van der Waals surface area contributed by atoms with Gasteiger partial charge in [0, 0.05) is 25.0 Å². The molecule has 0 saturated carbocycles. The van der Waals surface area contributed by atoms with E-state index in [1.54, 1.807) is 0 Å². The maximum Gasteiger partial charge on any atom is 0.355 e. The van der Waals surface area contributed by atoms with Gasteiger partial charge in [0.15, 0.2) is 5.69 Å². The van der Waals surface area contributed by atoms with Crippen LogP contribution in [0.15, 0.2) is 5.38 Å². The van der Waals surface area contributed by atoms with Crippen LogP contribution in [0, 0.1) is 5.92 Å². The summed E-state index contributed by atoms with van der Waals surface area (Å²) in [6, 6.07) is 0. The van der Waals surface area contributed by atoms with Gasteiger partial charge in [-0.25, -0.2) is 9.78 Å². The molecule has 1 amide bonds. The second kappa shape index (κ2) is 6.63. The van der Waals surface area contributed by atoms with Crippen LogP contribution in [-0.4, -0.2) is 35.2 Å². The average molecular weight is 284 g/mol. The van der Waals surface area contributed by atoms with Gasteiger partial charge in [0.2, 0.25) is 5.91 Å². The van der Waals surface area contributed by atoms with Gasteiger partial charge >= 0.3 is 5.97 Å². The van der Waals surface area contributed by atoms with Crippen molar-refractivity contribution in [2.24, 2.45) is 5.92 Å². The Morgan fingerprint density at radius 3 is 2.84 bits per heavy atom. The maximum absolute atomic E-state index is 11.7. The third kappa shape index (κ3) is 4.29. The number of nitrogens with one attached hydrogen (secondary N) is 1. The molecule has 2 rings (SSSR count). The minimum atomic E-state index is -1.05. The minimum Gasteiger partial charge on any atom is -0.476 e. The van der Waals surface area contributed by atoms with Crippen molar-refractivity contribution in [3.05, 3.63) is 16.1 Å². The highest BCUT2D eigenvalue weighted by atomic mass is 32.1. The smallest absolute Gasteiger partial charge is 0.355 e. The van der Waals surface area contributed by atoms with E-state index in [2.05, 4.69) is 10.3 Å². The Hall–Kier alpha value is -1.47. The molecular formula is C12H16N2O4S. The molecule has 1 aliphatic rings. The molecule has 6 nitrogen and oxygen atoms in total. The first-order chi connectivity index (χ1) is 9.15. The van der Waals surface area contributed by atoms with Crippen molar-refractivity contribution in [3.8, 4) is 0 Å². The van der Waals surface area contributed by atoms with Crippen LogP contribution in [0.2, 0.25) is 0 Å². The average Bonchev–Trinajstić information content (AvgIpc) is 2.86. The lowest BCUT2D eigenvalue weighted by Crippen LogP contribution is -2.27. The van der Waals surface area contributed by atoms with Crippen molar-refractivity contribution in [3.63, 3.8) is 0 Å². The number of amides is 1. The van der Waals surface area contributed by atoms with Crippen molar-refractivity contribution in [2.45, 2.75) is 25.8 Å². The topological polar surface area (TPSA) is 88.5 Å². The van der Waals surface area contributed by atoms with E-state index in [0.29, 0.717) is 23.9 Å². The van der Waals surface area contributed by atoms with Crippen LogP contribution in [0.3, 0.4) is 0 Å². The van der Waals surface area contributed by atoms with Crippen LogP contribution in [0.1, 0.15) is 34.8 Å². The monoisotopic (exact) mass is 284 g/mol. The van der Waals surface area contributed by atoms with Crippen LogP contribution in [0.25, 0.3) is 0 Å². The lowest BCUT2D eigenvalue weighted by molar-refractivity contribution is -0.122. The van der Waals surface area contributed by atoms with Crippen LogP contribution in [0.4, 0.5) is 0 Å². The number of carboxylic acid groups (broad SMARTS) is 1. The molecule has 0 bridgehead atoms. The lowest BCUT2D eigenvalue weighted by atomic mass is 9.96. The fourth-order valence-corrected chi connectivity index (χ4v) is 2.66. The van der Waals surface area contributed by atoms with Crippen LogP contribution in [-0.2, 0) is 16.1 Å². The fourth-order valence-electron chi connectivity index (χ4n) is 1.95. The Labute approximate surface area is 114 Å². The number of carbonyl (C=O) groups is 2. The zero-order valence-electron chi connectivity index (χ0n) is 10.4. The predicted molar refractivity (Wildman–Crippen MR) is 69.1 cm³/mol. The molecular weight excluding hydrogens is 268 g/mol. The second-order valence-corrected chi connectivity index (χ2v) is 5.41. The standard InChI is InChI=1S/C12H16N2O4S/c15-10(5-8-1-3-18-4-2-8)13-6-11-14-9(7-19-11)12(16)17/h7-8H,1-6H2,(H,13,15)(H,16,17). The van der Waals surface area contributed by atoms with Gasteiger partial charge in [-0.1, -0.05) is 0 Å². The molecule has 0 aliphatic carbocycles. The van der Waals surface area contributed by atoms with E-state index in [4.69, 9.17) is 9.84 Å². The first-order valence-electron chi connectivity index (χ1n) is 6.17. The van der Waals surface area contributed by atoms with Crippen molar-refractivity contribution in [1.29, 1.82) is 0 Å². The summed E-state index contributed by atoms with van der Waals surface area (Å²) in [6.07, 6.45) is 2.35. The predicted octanol–water partition coefficient (Wildman–Crippen LogP) is 1.27. The van der Waals surface area contributed by atoms with E-state index in [-0.39, 0.29) is 11.6 Å². The summed E-state index contributed by atoms with van der Waals surface area (Å²) in [7, 11) is 0. The van der Waals surface area contributed by atoms with E-state index >= 15 is 0 Å². The highest BCUT2D eigenvalue weighted by Crippen LogP contribution is 2.18. The lowest BCUT2D eigenvalue weighted by Gasteiger charge is -2.21. The number of carboxylic acids is 1. The molecule has 1 aliphatic heterocycles. The Kier molecular flexibility index (Phi) is 4.86. The van der Waals surface area contributed by atoms with E-state index < -0.39 is 5.97 Å². The van der Waals surface area contributed by atoms with Crippen molar-refractivity contribution in [1.82, 2.24) is 10.3 Å². The SMILES string of the molecule is O=C(CC1CCOCC1)NCc1nc(C(=O)O)cs1. The minimum absolute atomic E-state index is 0.0148. The molecule has 0 aromatic carbocycles. The van der Waals surface area contributed by atoms with Gasteiger partial charge in [-0.15, -0.1) is 11.3 Å². The Balaban J connectivity index is 1.74. The summed E-state index contributed by atoms with van der Waals surface area (Å²) < 4.78 is 5.24. The number of rotatable bonds is 5. The second-order valence-electron chi connectivity index (χ2n) is 4.47. The summed E-state index contributed by atoms with van der Waals surface area (Å²) in [6.45, 7) is 1.75. The first kappa shape index (κ1) is 14.0. The Morgan fingerprint density at radius 2 is 2.21 bits per heavy atom. The van der Waals surface area contributed by atoms with Crippen LogP contribution < -0.4 is 5.32 Å². The zero-order valence-corrected chi connectivity index (χ0v) is 11.2. The summed E-state index contributed by atoms with van der Waals surface area (Å²) >= 11 is 1.24. The normalized spacial score (nSPS) is 16.2. The number of carbonyl (C=O) groups excluding carboxylic acids is 1. The van der Waals surface area contributed by atoms with Gasteiger partial charge in [-0.2, -0.15) is 0 Å². The molecule has 0 spiro atoms. The van der Waals surface area contributed by atoms with Crippen LogP contribution >= 0.6 is 11.3 Å². The molecule has 0 atom stereocenters. The maximum atomic E-state index is 11.7. The van der Waals surface area contributed by atoms with E-state index in [1.807, 2.05) is 0 Å². The number of thiazole rings is 1. The number of aromatic carboxylic acids is 1. The van der Waals surface area contributed by atoms with E-state index in [0.717, 1.165) is 26.1 Å². The molecule has 1 saturated heterocycles. The molecule has 104 valence electrons. The number of hydrogen-bond acceptors (Lipinski definition) is 5. The highest BCUT2D eigenvalue weighted by molar-refractivity contribution is 7.09. The largest absolute Gasteiger partial charge is 0.476 e. The molecule has 1 aromatic rings. The van der Waals surface area contributed by atoms with Crippen molar-refractivity contribution in [2.75, 3.05) is 13.2 Å². The third-order valence-electron chi connectivity index (χ3n) is 3.02. The Bertz CT molecular complexity index is 454. The molecule has 1 fully saturated rings. The molecule has 1 aromatic heterocycles. The highest BCUT2D eigenvalue weighted by Gasteiger charge is 2.17. The van der Waals surface area contributed by atoms with E-state index in [1.165, 1.54) is 16.7 Å². The number of ether oxygens (including phenoxy) is 1. The summed E-state index contributed by atoms with van der Waals surface area (Å²) in [5, 5.41) is 13.6. The van der Waals surface area contributed by atoms with Gasteiger partial charge in [0.1, 0.15) is 5.01 Å². The summed E-state index contributed by atoms with van der Waals surface area (Å²) in [5.41, 5.74) is 0.0266. The summed E-state index contributed by atoms with van der Waals surface area (Å²) in [4.78, 5) is 26.3. The molecule has 2 N–H and O–H groups in total. The van der Waals surface area contributed by atoms with Crippen molar-refractivity contribution < 1.29 is 19.4 Å². The van der Waals surface area contributed by atoms with Crippen molar-refractivity contribution >= 4 is 23.2 Å². The van der Waals surface area contributed by atoms with Gasteiger partial charge < -0.3 is 15.2 Å².